The van der Waals surface area contributed by atoms with E-state index in [1.54, 1.807) is 31.4 Å². The minimum Gasteiger partial charge on any atom is -0.497 e. The number of para-hydroxylation sites is 1. The Morgan fingerprint density at radius 2 is 1.65 bits per heavy atom. The molecular weight excluding hydrogens is 342 g/mol. The van der Waals surface area contributed by atoms with E-state index >= 15 is 0 Å². The lowest BCUT2D eigenvalue weighted by Crippen LogP contribution is -2.14. The van der Waals surface area contributed by atoms with Crippen LogP contribution in [-0.2, 0) is 0 Å². The molecule has 6 nitrogen and oxygen atoms in total. The van der Waals surface area contributed by atoms with E-state index in [2.05, 4.69) is 20.8 Å². The van der Waals surface area contributed by atoms with Crippen molar-refractivity contribution >= 4 is 23.1 Å². The molecule has 0 saturated heterocycles. The lowest BCUT2D eigenvalue weighted by molar-refractivity contribution is 0.102. The number of nitrogens with one attached hydrogen (secondary N) is 2. The summed E-state index contributed by atoms with van der Waals surface area (Å²) in [6.07, 6.45) is 0. The van der Waals surface area contributed by atoms with Crippen molar-refractivity contribution in [1.82, 2.24) is 10.2 Å². The Balaban J connectivity index is 1.69. The van der Waals surface area contributed by atoms with Crippen LogP contribution in [0, 0.1) is 11.6 Å². The third kappa shape index (κ3) is 3.92. The Labute approximate surface area is 147 Å². The fourth-order valence-electron chi connectivity index (χ4n) is 2.13. The Morgan fingerprint density at radius 3 is 2.23 bits per heavy atom. The second-order valence-corrected chi connectivity index (χ2v) is 5.21. The molecule has 132 valence electrons. The molecule has 0 spiro atoms. The molecule has 1 heterocycles. The van der Waals surface area contributed by atoms with Gasteiger partial charge in [0, 0.05) is 5.69 Å². The molecule has 1 aromatic heterocycles. The van der Waals surface area contributed by atoms with Gasteiger partial charge >= 0.3 is 0 Å². The van der Waals surface area contributed by atoms with Crippen LogP contribution < -0.4 is 15.4 Å². The van der Waals surface area contributed by atoms with Crippen LogP contribution in [0.4, 0.5) is 26.0 Å². The minimum atomic E-state index is -0.756. The molecule has 0 radical (unpaired) electrons. The van der Waals surface area contributed by atoms with Gasteiger partial charge < -0.3 is 15.4 Å². The number of nitrogens with zero attached hydrogens (tertiary/aromatic N) is 2. The van der Waals surface area contributed by atoms with E-state index in [4.69, 9.17) is 4.74 Å². The van der Waals surface area contributed by atoms with Crippen LogP contribution >= 0.6 is 0 Å². The lowest BCUT2D eigenvalue weighted by atomic mass is 10.2. The molecule has 3 aromatic rings. The first-order valence-corrected chi connectivity index (χ1v) is 7.57. The highest BCUT2D eigenvalue weighted by Crippen LogP contribution is 2.22. The van der Waals surface area contributed by atoms with E-state index in [1.165, 1.54) is 18.2 Å². The highest BCUT2D eigenvalue weighted by Gasteiger charge is 2.12. The van der Waals surface area contributed by atoms with Gasteiger partial charge in [0.15, 0.2) is 11.5 Å². The Kier molecular flexibility index (Phi) is 5.02. The van der Waals surface area contributed by atoms with E-state index in [-0.39, 0.29) is 17.2 Å². The molecule has 2 aromatic carbocycles. The van der Waals surface area contributed by atoms with Crippen molar-refractivity contribution in [3.05, 3.63) is 71.9 Å². The maximum atomic E-state index is 13.6. The molecule has 3 rings (SSSR count). The third-order valence-corrected chi connectivity index (χ3v) is 3.46. The monoisotopic (exact) mass is 356 g/mol. The summed E-state index contributed by atoms with van der Waals surface area (Å²) in [7, 11) is 1.55. The van der Waals surface area contributed by atoms with Crippen molar-refractivity contribution in [3.63, 3.8) is 0 Å². The Morgan fingerprint density at radius 1 is 0.962 bits per heavy atom. The number of halogens is 2. The summed E-state index contributed by atoms with van der Waals surface area (Å²) in [6, 6.07) is 13.1. The number of hydrogen-bond donors (Lipinski definition) is 2. The first-order chi connectivity index (χ1) is 12.6. The topological polar surface area (TPSA) is 76.1 Å². The Bertz CT molecular complexity index is 895. The van der Waals surface area contributed by atoms with Crippen LogP contribution in [0.3, 0.4) is 0 Å². The normalized spacial score (nSPS) is 10.3. The number of carbonyl (C=O) groups excluding carboxylic acids is 1. The molecule has 0 fully saturated rings. The molecule has 2 N–H and O–H groups in total. The summed E-state index contributed by atoms with van der Waals surface area (Å²) in [5.41, 5.74) is 0.283. The average molecular weight is 356 g/mol. The van der Waals surface area contributed by atoms with Crippen LogP contribution in [0.1, 0.15) is 10.5 Å². The molecule has 1 amide bonds. The van der Waals surface area contributed by atoms with E-state index in [1.807, 2.05) is 0 Å². The van der Waals surface area contributed by atoms with E-state index in [0.29, 0.717) is 11.4 Å². The van der Waals surface area contributed by atoms with Gasteiger partial charge in [-0.25, -0.2) is 8.78 Å². The molecule has 0 atom stereocenters. The second kappa shape index (κ2) is 7.56. The summed E-state index contributed by atoms with van der Waals surface area (Å²) in [4.78, 5) is 12.2. The van der Waals surface area contributed by atoms with Crippen molar-refractivity contribution < 1.29 is 18.3 Å². The number of hydrogen-bond acceptors (Lipinski definition) is 5. The quantitative estimate of drug-likeness (QED) is 0.728. The van der Waals surface area contributed by atoms with Gasteiger partial charge in [0.2, 0.25) is 0 Å². The molecule has 0 saturated carbocycles. The van der Waals surface area contributed by atoms with Gasteiger partial charge in [-0.05, 0) is 48.5 Å². The zero-order chi connectivity index (χ0) is 18.5. The van der Waals surface area contributed by atoms with E-state index in [9.17, 15) is 13.6 Å². The first kappa shape index (κ1) is 17.3. The molecular formula is C18H14F2N4O2. The summed E-state index contributed by atoms with van der Waals surface area (Å²) >= 11 is 0. The number of ether oxygens (including phenoxy) is 1. The van der Waals surface area contributed by atoms with Crippen molar-refractivity contribution in [2.24, 2.45) is 0 Å². The first-order valence-electron chi connectivity index (χ1n) is 7.57. The summed E-state index contributed by atoms with van der Waals surface area (Å²) < 4.78 is 32.3. The van der Waals surface area contributed by atoms with Gasteiger partial charge in [0.05, 0.1) is 7.11 Å². The maximum Gasteiger partial charge on any atom is 0.276 e. The fourth-order valence-corrected chi connectivity index (χ4v) is 2.13. The fraction of sp³-hybridized carbons (Fsp3) is 0.0556. The van der Waals surface area contributed by atoms with Crippen LogP contribution in [0.2, 0.25) is 0 Å². The number of anilines is 3. The summed E-state index contributed by atoms with van der Waals surface area (Å²) in [5, 5.41) is 12.7. The summed E-state index contributed by atoms with van der Waals surface area (Å²) in [6.45, 7) is 0. The van der Waals surface area contributed by atoms with Crippen LogP contribution in [0.15, 0.2) is 54.6 Å². The second-order valence-electron chi connectivity index (χ2n) is 5.21. The van der Waals surface area contributed by atoms with Crippen molar-refractivity contribution in [3.8, 4) is 5.75 Å². The van der Waals surface area contributed by atoms with Crippen molar-refractivity contribution in [2.45, 2.75) is 0 Å². The van der Waals surface area contributed by atoms with Crippen LogP contribution in [0.5, 0.6) is 5.75 Å². The zero-order valence-corrected chi connectivity index (χ0v) is 13.7. The van der Waals surface area contributed by atoms with Crippen LogP contribution in [0.25, 0.3) is 0 Å². The number of amides is 1. The summed E-state index contributed by atoms with van der Waals surface area (Å²) in [5.74, 6) is -1.21. The average Bonchev–Trinajstić information content (AvgIpc) is 2.66. The predicted octanol–water partition coefficient (Wildman–Crippen LogP) is 3.76. The highest BCUT2D eigenvalue weighted by atomic mass is 19.1. The maximum absolute atomic E-state index is 13.6. The van der Waals surface area contributed by atoms with Gasteiger partial charge in [-0.1, -0.05) is 6.07 Å². The molecule has 0 bridgehead atoms. The molecule has 26 heavy (non-hydrogen) atoms. The predicted molar refractivity (Wildman–Crippen MR) is 92.6 cm³/mol. The van der Waals surface area contributed by atoms with Gasteiger partial charge in [-0.3, -0.25) is 4.79 Å². The highest BCUT2D eigenvalue weighted by molar-refractivity contribution is 6.02. The molecule has 0 aliphatic carbocycles. The number of benzene rings is 2. The third-order valence-electron chi connectivity index (χ3n) is 3.46. The van der Waals surface area contributed by atoms with E-state index in [0.717, 1.165) is 12.1 Å². The van der Waals surface area contributed by atoms with Gasteiger partial charge in [0.1, 0.15) is 23.1 Å². The zero-order valence-electron chi connectivity index (χ0n) is 13.7. The molecule has 0 aliphatic heterocycles. The molecule has 8 heteroatoms. The Hall–Kier alpha value is -3.55. The number of carbonyl (C=O) groups is 1. The standard InChI is InChI=1S/C18H14F2N4O2/c1-26-12-7-5-11(6-8-12)21-18(25)15-9-10-16(24-23-15)22-17-13(19)3-2-4-14(17)20/h2-10H,1H3,(H,21,25)(H,22,24). The van der Waals surface area contributed by atoms with Gasteiger partial charge in [0.25, 0.3) is 5.91 Å². The number of rotatable bonds is 5. The van der Waals surface area contributed by atoms with Crippen molar-refractivity contribution in [2.75, 3.05) is 17.7 Å². The van der Waals surface area contributed by atoms with Crippen LogP contribution in [-0.4, -0.2) is 23.2 Å². The minimum absolute atomic E-state index is 0.0559. The molecule has 0 unspecified atom stereocenters. The SMILES string of the molecule is COc1ccc(NC(=O)c2ccc(Nc3c(F)cccc3F)nn2)cc1. The molecule has 0 aliphatic rings. The largest absolute Gasteiger partial charge is 0.497 e. The van der Waals surface area contributed by atoms with E-state index < -0.39 is 17.5 Å². The van der Waals surface area contributed by atoms with Gasteiger partial charge in [-0.15, -0.1) is 10.2 Å². The van der Waals surface area contributed by atoms with Crippen molar-refractivity contribution in [1.29, 1.82) is 0 Å². The smallest absolute Gasteiger partial charge is 0.276 e. The lowest BCUT2D eigenvalue weighted by Gasteiger charge is -2.08. The van der Waals surface area contributed by atoms with Gasteiger partial charge in [-0.2, -0.15) is 0 Å². The number of aromatic nitrogens is 2. The number of methoxy groups -OCH3 is 1.